The zero-order valence-electron chi connectivity index (χ0n) is 20.0. The van der Waals surface area contributed by atoms with Crippen molar-refractivity contribution in [2.75, 3.05) is 36.4 Å². The zero-order chi connectivity index (χ0) is 27.4. The van der Waals surface area contributed by atoms with Gasteiger partial charge in [0.25, 0.3) is 0 Å². The second-order valence-corrected chi connectivity index (χ2v) is 11.8. The summed E-state index contributed by atoms with van der Waals surface area (Å²) in [7, 11) is -3.58. The first-order valence-corrected chi connectivity index (χ1v) is 14.1. The summed E-state index contributed by atoms with van der Waals surface area (Å²) >= 11 is 0.873. The number of sulfonamides is 1. The Bertz CT molecular complexity index is 1410. The van der Waals surface area contributed by atoms with Crippen LogP contribution in [0.3, 0.4) is 0 Å². The average molecular weight is 572 g/mol. The van der Waals surface area contributed by atoms with Crippen LogP contribution in [-0.2, 0) is 16.6 Å². The van der Waals surface area contributed by atoms with E-state index < -0.39 is 44.6 Å². The van der Waals surface area contributed by atoms with Gasteiger partial charge in [-0.3, -0.25) is 4.79 Å². The van der Waals surface area contributed by atoms with E-state index in [9.17, 15) is 30.8 Å². The van der Waals surface area contributed by atoms with Gasteiger partial charge < -0.3 is 16.4 Å². The number of hydrogen-bond acceptors (Lipinski definition) is 8. The van der Waals surface area contributed by atoms with Crippen LogP contribution in [0.2, 0.25) is 0 Å². The SMILES string of the molecule is Nc1nc(NC2CCN(S(=O)(=O)CCNCc3cccc(F)c3F)CC2)sc1C(=O)c1c(F)cccc1F. The number of benzene rings is 2. The quantitative estimate of drug-likeness (QED) is 0.194. The topological polar surface area (TPSA) is 117 Å². The molecular formula is C24H25F4N5O3S2. The third-order valence-corrected chi connectivity index (χ3v) is 8.98. The van der Waals surface area contributed by atoms with Gasteiger partial charge in [0.1, 0.15) is 22.3 Å². The van der Waals surface area contributed by atoms with Crippen molar-refractivity contribution in [1.29, 1.82) is 0 Å². The lowest BCUT2D eigenvalue weighted by Gasteiger charge is -2.31. The molecule has 1 aromatic heterocycles. The minimum atomic E-state index is -3.58. The van der Waals surface area contributed by atoms with Crippen molar-refractivity contribution < 1.29 is 30.8 Å². The number of piperidine rings is 1. The van der Waals surface area contributed by atoms with Crippen molar-refractivity contribution in [3.05, 3.63) is 75.7 Å². The molecule has 14 heteroatoms. The van der Waals surface area contributed by atoms with Crippen LogP contribution in [0.4, 0.5) is 28.5 Å². The molecule has 0 spiro atoms. The standard InChI is InChI=1S/C24H25F4N5O3S2/c25-16-4-2-5-17(26)19(16)21(34)22-23(29)32-24(37-22)31-15-7-10-33(11-8-15)38(35,36)12-9-30-13-14-3-1-6-18(27)20(14)28/h1-6,15,30H,7-13,29H2,(H,31,32). The number of nitrogens with zero attached hydrogens (tertiary/aromatic N) is 2. The fraction of sp³-hybridized carbons (Fsp3) is 0.333. The van der Waals surface area contributed by atoms with Crippen molar-refractivity contribution >= 4 is 38.1 Å². The minimum absolute atomic E-state index is 0.00387. The van der Waals surface area contributed by atoms with Gasteiger partial charge in [0, 0.05) is 37.8 Å². The normalized spacial score (nSPS) is 15.1. The van der Waals surface area contributed by atoms with Gasteiger partial charge in [0.15, 0.2) is 16.8 Å². The van der Waals surface area contributed by atoms with E-state index in [4.69, 9.17) is 5.73 Å². The second-order valence-electron chi connectivity index (χ2n) is 8.68. The van der Waals surface area contributed by atoms with Gasteiger partial charge in [0.2, 0.25) is 15.8 Å². The van der Waals surface area contributed by atoms with Gasteiger partial charge in [0.05, 0.1) is 11.3 Å². The molecule has 2 aromatic carbocycles. The summed E-state index contributed by atoms with van der Waals surface area (Å²) in [6.07, 6.45) is 0.901. The molecule has 8 nitrogen and oxygen atoms in total. The maximum absolute atomic E-state index is 14.0. The number of nitrogens with one attached hydrogen (secondary N) is 2. The molecule has 0 unspecified atom stereocenters. The van der Waals surface area contributed by atoms with Crippen LogP contribution in [-0.4, -0.2) is 54.9 Å². The van der Waals surface area contributed by atoms with Gasteiger partial charge in [-0.05, 0) is 31.0 Å². The number of anilines is 2. The Morgan fingerprint density at radius 3 is 2.37 bits per heavy atom. The Morgan fingerprint density at radius 2 is 1.68 bits per heavy atom. The van der Waals surface area contributed by atoms with Crippen molar-refractivity contribution in [2.24, 2.45) is 0 Å². The number of rotatable bonds is 10. The molecule has 0 bridgehead atoms. The molecule has 38 heavy (non-hydrogen) atoms. The lowest BCUT2D eigenvalue weighted by atomic mass is 10.1. The van der Waals surface area contributed by atoms with Gasteiger partial charge in [-0.2, -0.15) is 0 Å². The van der Waals surface area contributed by atoms with Gasteiger partial charge in [-0.1, -0.05) is 29.5 Å². The van der Waals surface area contributed by atoms with E-state index in [0.29, 0.717) is 12.8 Å². The predicted molar refractivity (Wildman–Crippen MR) is 136 cm³/mol. The Balaban J connectivity index is 1.28. The fourth-order valence-corrected chi connectivity index (χ4v) is 6.41. The van der Waals surface area contributed by atoms with Gasteiger partial charge >= 0.3 is 0 Å². The first kappa shape index (κ1) is 28.0. The molecule has 1 aliphatic rings. The maximum Gasteiger partial charge on any atom is 0.215 e. The number of aromatic nitrogens is 1. The van der Waals surface area contributed by atoms with E-state index in [0.717, 1.165) is 35.6 Å². The summed E-state index contributed by atoms with van der Waals surface area (Å²) in [5, 5.41) is 6.23. The number of carbonyl (C=O) groups is 1. The van der Waals surface area contributed by atoms with E-state index in [2.05, 4.69) is 15.6 Å². The summed E-state index contributed by atoms with van der Waals surface area (Å²) in [6.45, 7) is 0.543. The Labute approximate surface area is 220 Å². The predicted octanol–water partition coefficient (Wildman–Crippen LogP) is 3.51. The van der Waals surface area contributed by atoms with Crippen molar-refractivity contribution in [3.63, 3.8) is 0 Å². The highest BCUT2D eigenvalue weighted by Crippen LogP contribution is 2.30. The Hall–Kier alpha value is -3.07. The van der Waals surface area contributed by atoms with E-state index in [-0.39, 0.29) is 59.4 Å². The molecule has 1 saturated heterocycles. The number of nitrogen functional groups attached to an aromatic ring is 1. The highest BCUT2D eigenvalue weighted by Gasteiger charge is 2.29. The number of hydrogen-bond donors (Lipinski definition) is 3. The van der Waals surface area contributed by atoms with Crippen LogP contribution >= 0.6 is 11.3 Å². The van der Waals surface area contributed by atoms with Crippen LogP contribution in [0, 0.1) is 23.3 Å². The van der Waals surface area contributed by atoms with Crippen molar-refractivity contribution in [2.45, 2.75) is 25.4 Å². The number of ketones is 1. The largest absolute Gasteiger partial charge is 0.382 e. The van der Waals surface area contributed by atoms with Gasteiger partial charge in [-0.15, -0.1) is 0 Å². The summed E-state index contributed by atoms with van der Waals surface area (Å²) in [6, 6.07) is 6.77. The molecule has 2 heterocycles. The highest BCUT2D eigenvalue weighted by molar-refractivity contribution is 7.89. The lowest BCUT2D eigenvalue weighted by Crippen LogP contribution is -2.44. The van der Waals surface area contributed by atoms with E-state index in [1.165, 1.54) is 16.4 Å². The van der Waals surface area contributed by atoms with Crippen molar-refractivity contribution in [1.82, 2.24) is 14.6 Å². The monoisotopic (exact) mass is 571 g/mol. The zero-order valence-corrected chi connectivity index (χ0v) is 21.6. The van der Waals surface area contributed by atoms with Crippen LogP contribution < -0.4 is 16.4 Å². The highest BCUT2D eigenvalue weighted by atomic mass is 32.2. The molecule has 0 amide bonds. The molecule has 1 fully saturated rings. The number of thiazole rings is 1. The summed E-state index contributed by atoms with van der Waals surface area (Å²) in [5.74, 6) is -5.19. The summed E-state index contributed by atoms with van der Waals surface area (Å²) < 4.78 is 81.8. The van der Waals surface area contributed by atoms with E-state index in [1.54, 1.807) is 0 Å². The van der Waals surface area contributed by atoms with Crippen LogP contribution in [0.25, 0.3) is 0 Å². The molecule has 4 N–H and O–H groups in total. The van der Waals surface area contributed by atoms with E-state index in [1.807, 2.05) is 0 Å². The van der Waals surface area contributed by atoms with Crippen LogP contribution in [0.5, 0.6) is 0 Å². The molecule has 0 radical (unpaired) electrons. The summed E-state index contributed by atoms with van der Waals surface area (Å²) in [4.78, 5) is 16.7. The number of nitrogens with two attached hydrogens (primary N) is 1. The number of carbonyl (C=O) groups excluding carboxylic acids is 1. The van der Waals surface area contributed by atoms with Crippen LogP contribution in [0.15, 0.2) is 36.4 Å². The fourth-order valence-electron chi connectivity index (χ4n) is 4.08. The Kier molecular flexibility index (Phi) is 8.65. The van der Waals surface area contributed by atoms with Gasteiger partial charge in [-0.25, -0.2) is 35.3 Å². The maximum atomic E-state index is 14.0. The summed E-state index contributed by atoms with van der Waals surface area (Å²) in [5.41, 5.74) is 5.24. The molecule has 0 aliphatic carbocycles. The minimum Gasteiger partial charge on any atom is -0.382 e. The van der Waals surface area contributed by atoms with Crippen molar-refractivity contribution in [3.8, 4) is 0 Å². The molecule has 1 aliphatic heterocycles. The molecule has 4 rings (SSSR count). The average Bonchev–Trinajstić information content (AvgIpc) is 3.24. The third-order valence-electron chi connectivity index (χ3n) is 6.11. The van der Waals surface area contributed by atoms with Crippen LogP contribution in [0.1, 0.15) is 33.6 Å². The molecular weight excluding hydrogens is 546 g/mol. The third kappa shape index (κ3) is 6.31. The number of halogens is 4. The first-order chi connectivity index (χ1) is 18.1. The molecule has 3 aromatic rings. The molecule has 204 valence electrons. The smallest absolute Gasteiger partial charge is 0.215 e. The Morgan fingerprint density at radius 1 is 1.05 bits per heavy atom. The lowest BCUT2D eigenvalue weighted by molar-refractivity contribution is 0.103. The first-order valence-electron chi connectivity index (χ1n) is 11.7. The molecule has 0 saturated carbocycles. The second kappa shape index (κ2) is 11.8. The van der Waals surface area contributed by atoms with E-state index >= 15 is 0 Å². The molecule has 0 atom stereocenters.